The highest BCUT2D eigenvalue weighted by molar-refractivity contribution is 6.19. The van der Waals surface area contributed by atoms with Crippen LogP contribution in [0.15, 0.2) is 36.5 Å². The molecule has 0 atom stereocenters. The summed E-state index contributed by atoms with van der Waals surface area (Å²) in [5.74, 6) is 6.87. The number of rotatable bonds is 3. The van der Waals surface area contributed by atoms with E-state index in [0.717, 1.165) is 22.4 Å². The second-order valence-electron chi connectivity index (χ2n) is 4.32. The van der Waals surface area contributed by atoms with Gasteiger partial charge in [-0.25, -0.2) is 4.98 Å². The molecule has 2 aromatic rings. The maximum absolute atomic E-state index is 8.98. The van der Waals surface area contributed by atoms with Gasteiger partial charge in [0.15, 0.2) is 0 Å². The van der Waals surface area contributed by atoms with Gasteiger partial charge < -0.3 is 4.74 Å². The van der Waals surface area contributed by atoms with Crippen LogP contribution in [0.5, 0.6) is 5.75 Å². The Kier molecular flexibility index (Phi) is 5.21. The molecular formula is C17H13ClN2O. The van der Waals surface area contributed by atoms with Gasteiger partial charge >= 0.3 is 0 Å². The van der Waals surface area contributed by atoms with E-state index in [1.165, 1.54) is 0 Å². The van der Waals surface area contributed by atoms with Gasteiger partial charge in [-0.15, -0.1) is 11.6 Å². The number of aromatic nitrogens is 1. The van der Waals surface area contributed by atoms with Crippen LogP contribution in [0.3, 0.4) is 0 Å². The Hall–Kier alpha value is -2.49. The molecule has 21 heavy (non-hydrogen) atoms. The maximum Gasteiger partial charge on any atom is 0.147 e. The summed E-state index contributed by atoms with van der Waals surface area (Å²) in [6.07, 6.45) is 1.59. The monoisotopic (exact) mass is 296 g/mol. The molecule has 1 aromatic carbocycles. The molecule has 0 bridgehead atoms. The van der Waals surface area contributed by atoms with Crippen molar-refractivity contribution in [2.75, 3.05) is 5.88 Å². The summed E-state index contributed by atoms with van der Waals surface area (Å²) in [7, 11) is 0. The molecule has 1 aromatic heterocycles. The van der Waals surface area contributed by atoms with Gasteiger partial charge in [-0.2, -0.15) is 5.26 Å². The van der Waals surface area contributed by atoms with Crippen molar-refractivity contribution in [1.29, 1.82) is 5.26 Å². The number of ether oxygens (including phenoxy) is 1. The van der Waals surface area contributed by atoms with E-state index in [9.17, 15) is 0 Å². The smallest absolute Gasteiger partial charge is 0.147 e. The van der Waals surface area contributed by atoms with E-state index < -0.39 is 0 Å². The predicted octanol–water partition coefficient (Wildman–Crippen LogP) is 3.43. The first-order valence-electron chi connectivity index (χ1n) is 6.37. The SMILES string of the molecule is Cc1cc(OCc2cccnc2C#N)ccc1C#CCCl. The van der Waals surface area contributed by atoms with Crippen LogP contribution in [0.4, 0.5) is 0 Å². The van der Waals surface area contributed by atoms with E-state index in [1.807, 2.05) is 31.2 Å². The highest BCUT2D eigenvalue weighted by Gasteiger charge is 2.04. The van der Waals surface area contributed by atoms with E-state index in [1.54, 1.807) is 12.3 Å². The molecule has 4 heteroatoms. The van der Waals surface area contributed by atoms with Gasteiger partial charge in [0.1, 0.15) is 24.1 Å². The lowest BCUT2D eigenvalue weighted by molar-refractivity contribution is 0.305. The average Bonchev–Trinajstić information content (AvgIpc) is 2.52. The van der Waals surface area contributed by atoms with Crippen molar-refractivity contribution in [3.8, 4) is 23.7 Å². The first-order valence-corrected chi connectivity index (χ1v) is 6.90. The van der Waals surface area contributed by atoms with Crippen molar-refractivity contribution >= 4 is 11.6 Å². The van der Waals surface area contributed by atoms with Gasteiger partial charge in [-0.3, -0.25) is 0 Å². The molecule has 0 radical (unpaired) electrons. The Morgan fingerprint density at radius 3 is 2.90 bits per heavy atom. The van der Waals surface area contributed by atoms with Gasteiger partial charge in [0.05, 0.1) is 5.88 Å². The number of hydrogen-bond acceptors (Lipinski definition) is 3. The van der Waals surface area contributed by atoms with Gasteiger partial charge in [-0.05, 0) is 36.8 Å². The molecule has 0 aliphatic rings. The Labute approximate surface area is 129 Å². The number of alkyl halides is 1. The first-order chi connectivity index (χ1) is 10.2. The quantitative estimate of drug-likeness (QED) is 0.644. The number of nitrogens with zero attached hydrogens (tertiary/aromatic N) is 2. The molecule has 104 valence electrons. The zero-order valence-electron chi connectivity index (χ0n) is 11.6. The summed E-state index contributed by atoms with van der Waals surface area (Å²) < 4.78 is 5.71. The minimum Gasteiger partial charge on any atom is -0.489 e. The third-order valence-electron chi connectivity index (χ3n) is 2.88. The van der Waals surface area contributed by atoms with Gasteiger partial charge in [-0.1, -0.05) is 17.9 Å². The first kappa shape index (κ1) is 14.9. The van der Waals surface area contributed by atoms with Crippen molar-refractivity contribution in [2.24, 2.45) is 0 Å². The normalized spacial score (nSPS) is 9.38. The standard InChI is InChI=1S/C17H13ClN2O/c1-13-10-16(7-6-14(13)4-2-8-18)21-12-15-5-3-9-20-17(15)11-19/h3,5-7,9-10H,8,12H2,1H3. The molecule has 0 saturated carbocycles. The molecule has 3 nitrogen and oxygen atoms in total. The Bertz CT molecular complexity index is 738. The van der Waals surface area contributed by atoms with Crippen molar-refractivity contribution in [3.05, 3.63) is 58.9 Å². The van der Waals surface area contributed by atoms with Crippen LogP contribution in [-0.2, 0) is 6.61 Å². The molecule has 0 unspecified atom stereocenters. The van der Waals surface area contributed by atoms with E-state index in [0.29, 0.717) is 18.2 Å². The summed E-state index contributed by atoms with van der Waals surface area (Å²) in [4.78, 5) is 4.00. The number of benzene rings is 1. The summed E-state index contributed by atoms with van der Waals surface area (Å²) in [5.41, 5.74) is 3.11. The predicted molar refractivity (Wildman–Crippen MR) is 82.1 cm³/mol. The van der Waals surface area contributed by atoms with Crippen LogP contribution < -0.4 is 4.74 Å². The fourth-order valence-electron chi connectivity index (χ4n) is 1.81. The summed E-state index contributed by atoms with van der Waals surface area (Å²) in [5, 5.41) is 8.98. The van der Waals surface area contributed by atoms with E-state index in [4.69, 9.17) is 21.6 Å². The Morgan fingerprint density at radius 2 is 2.19 bits per heavy atom. The van der Waals surface area contributed by atoms with Gasteiger partial charge in [0.25, 0.3) is 0 Å². The number of pyridine rings is 1. The van der Waals surface area contributed by atoms with Crippen LogP contribution in [-0.4, -0.2) is 10.9 Å². The third kappa shape index (κ3) is 3.99. The molecule has 2 rings (SSSR count). The number of nitriles is 1. The second-order valence-corrected chi connectivity index (χ2v) is 4.59. The molecular weight excluding hydrogens is 284 g/mol. The molecule has 0 saturated heterocycles. The fraction of sp³-hybridized carbons (Fsp3) is 0.176. The summed E-state index contributed by atoms with van der Waals surface area (Å²) in [6, 6.07) is 11.3. The fourth-order valence-corrected chi connectivity index (χ4v) is 1.88. The molecule has 0 aliphatic carbocycles. The molecule has 0 spiro atoms. The van der Waals surface area contributed by atoms with Crippen LogP contribution in [0.1, 0.15) is 22.4 Å². The van der Waals surface area contributed by atoms with Crippen LogP contribution in [0.2, 0.25) is 0 Å². The van der Waals surface area contributed by atoms with Crippen molar-refractivity contribution in [2.45, 2.75) is 13.5 Å². The van der Waals surface area contributed by atoms with E-state index >= 15 is 0 Å². The topological polar surface area (TPSA) is 45.9 Å². The summed E-state index contributed by atoms with van der Waals surface area (Å²) >= 11 is 5.55. The minimum atomic E-state index is 0.308. The largest absolute Gasteiger partial charge is 0.489 e. The van der Waals surface area contributed by atoms with E-state index in [2.05, 4.69) is 22.9 Å². The van der Waals surface area contributed by atoms with Crippen LogP contribution >= 0.6 is 11.6 Å². The average molecular weight is 297 g/mol. The highest BCUT2D eigenvalue weighted by Crippen LogP contribution is 2.18. The Morgan fingerprint density at radius 1 is 1.33 bits per heavy atom. The highest BCUT2D eigenvalue weighted by atomic mass is 35.5. The number of halogens is 1. The second kappa shape index (κ2) is 7.33. The van der Waals surface area contributed by atoms with Crippen molar-refractivity contribution in [3.63, 3.8) is 0 Å². The lowest BCUT2D eigenvalue weighted by Crippen LogP contribution is -2.00. The summed E-state index contributed by atoms with van der Waals surface area (Å²) in [6.45, 7) is 2.28. The molecule has 0 amide bonds. The Balaban J connectivity index is 2.11. The minimum absolute atomic E-state index is 0.308. The zero-order chi connectivity index (χ0) is 15.1. The van der Waals surface area contributed by atoms with Crippen LogP contribution in [0, 0.1) is 30.1 Å². The number of hydrogen-bond donors (Lipinski definition) is 0. The lowest BCUT2D eigenvalue weighted by atomic mass is 10.1. The van der Waals surface area contributed by atoms with Crippen molar-refractivity contribution < 1.29 is 4.74 Å². The number of aryl methyl sites for hydroxylation is 1. The molecule has 0 N–H and O–H groups in total. The lowest BCUT2D eigenvalue weighted by Gasteiger charge is -2.08. The van der Waals surface area contributed by atoms with Crippen molar-refractivity contribution in [1.82, 2.24) is 4.98 Å². The van der Waals surface area contributed by atoms with E-state index in [-0.39, 0.29) is 0 Å². The van der Waals surface area contributed by atoms with Gasteiger partial charge in [0, 0.05) is 17.3 Å². The zero-order valence-corrected chi connectivity index (χ0v) is 12.3. The third-order valence-corrected chi connectivity index (χ3v) is 3.01. The molecule has 0 fully saturated rings. The maximum atomic E-state index is 8.98. The molecule has 1 heterocycles. The van der Waals surface area contributed by atoms with Gasteiger partial charge in [0.2, 0.25) is 0 Å². The molecule has 0 aliphatic heterocycles. The van der Waals surface area contributed by atoms with Crippen LogP contribution in [0.25, 0.3) is 0 Å².